The van der Waals surface area contributed by atoms with Gasteiger partial charge in [-0.1, -0.05) is 6.07 Å². The Morgan fingerprint density at radius 2 is 1.84 bits per heavy atom. The number of aromatic nitrogens is 5. The summed E-state index contributed by atoms with van der Waals surface area (Å²) in [6, 6.07) is 11.9. The Bertz CT molecular complexity index is 1050. The SMILES string of the molecule is Cc1cccc(-c2[nH]ncc2-c2ccc3nccc(N(C)C)c3n2)n1. The summed E-state index contributed by atoms with van der Waals surface area (Å²) in [5.74, 6) is 0. The van der Waals surface area contributed by atoms with Gasteiger partial charge in [0.2, 0.25) is 0 Å². The minimum absolute atomic E-state index is 0.843. The van der Waals surface area contributed by atoms with Gasteiger partial charge in [-0.2, -0.15) is 5.10 Å². The van der Waals surface area contributed by atoms with Gasteiger partial charge in [0.05, 0.1) is 34.5 Å². The number of pyridine rings is 3. The lowest BCUT2D eigenvalue weighted by Gasteiger charge is -2.14. The van der Waals surface area contributed by atoms with E-state index in [1.165, 1.54) is 0 Å². The molecule has 0 aromatic carbocycles. The highest BCUT2D eigenvalue weighted by Crippen LogP contribution is 2.30. The van der Waals surface area contributed by atoms with Crippen LogP contribution in [0.5, 0.6) is 0 Å². The highest BCUT2D eigenvalue weighted by Gasteiger charge is 2.14. The monoisotopic (exact) mass is 330 g/mol. The molecule has 0 saturated heterocycles. The van der Waals surface area contributed by atoms with E-state index in [4.69, 9.17) is 4.98 Å². The van der Waals surface area contributed by atoms with E-state index in [1.807, 2.05) is 62.3 Å². The van der Waals surface area contributed by atoms with Crippen molar-refractivity contribution in [3.8, 4) is 22.6 Å². The maximum Gasteiger partial charge on any atom is 0.113 e. The van der Waals surface area contributed by atoms with Crippen LogP contribution in [-0.4, -0.2) is 39.2 Å². The molecule has 4 heterocycles. The zero-order valence-electron chi connectivity index (χ0n) is 14.4. The van der Waals surface area contributed by atoms with Crippen LogP contribution in [0.3, 0.4) is 0 Å². The number of anilines is 1. The number of fused-ring (bicyclic) bond motifs is 1. The normalized spacial score (nSPS) is 11.0. The van der Waals surface area contributed by atoms with Gasteiger partial charge in [-0.15, -0.1) is 0 Å². The van der Waals surface area contributed by atoms with E-state index in [0.717, 1.165) is 45.1 Å². The maximum absolute atomic E-state index is 4.86. The molecule has 0 saturated carbocycles. The Kier molecular flexibility index (Phi) is 3.65. The van der Waals surface area contributed by atoms with E-state index in [1.54, 1.807) is 12.4 Å². The number of hydrogen-bond acceptors (Lipinski definition) is 5. The van der Waals surface area contributed by atoms with Gasteiger partial charge >= 0.3 is 0 Å². The fraction of sp³-hybridized carbons (Fsp3) is 0.158. The average Bonchev–Trinajstić information content (AvgIpc) is 3.10. The Morgan fingerprint density at radius 3 is 2.64 bits per heavy atom. The molecule has 0 fully saturated rings. The van der Waals surface area contributed by atoms with Crippen LogP contribution in [0.2, 0.25) is 0 Å². The third kappa shape index (κ3) is 2.71. The molecule has 0 aliphatic heterocycles. The third-order valence-electron chi connectivity index (χ3n) is 4.10. The van der Waals surface area contributed by atoms with Crippen molar-refractivity contribution in [1.82, 2.24) is 25.1 Å². The van der Waals surface area contributed by atoms with Gasteiger partial charge < -0.3 is 4.90 Å². The van der Waals surface area contributed by atoms with Gasteiger partial charge in [0.1, 0.15) is 5.52 Å². The first kappa shape index (κ1) is 15.3. The molecule has 0 atom stereocenters. The van der Waals surface area contributed by atoms with Crippen molar-refractivity contribution in [1.29, 1.82) is 0 Å². The van der Waals surface area contributed by atoms with Crippen LogP contribution in [0.15, 0.2) is 48.8 Å². The molecule has 0 amide bonds. The molecule has 4 aromatic rings. The fourth-order valence-electron chi connectivity index (χ4n) is 2.88. The van der Waals surface area contributed by atoms with E-state index >= 15 is 0 Å². The first-order valence-electron chi connectivity index (χ1n) is 8.04. The molecular weight excluding hydrogens is 312 g/mol. The summed E-state index contributed by atoms with van der Waals surface area (Å²) in [6.07, 6.45) is 3.60. The second kappa shape index (κ2) is 5.98. The largest absolute Gasteiger partial charge is 0.376 e. The van der Waals surface area contributed by atoms with Crippen molar-refractivity contribution in [2.45, 2.75) is 6.92 Å². The predicted molar refractivity (Wildman–Crippen MR) is 99.4 cm³/mol. The Hall–Kier alpha value is -3.28. The van der Waals surface area contributed by atoms with E-state index in [9.17, 15) is 0 Å². The van der Waals surface area contributed by atoms with E-state index in [0.29, 0.717) is 0 Å². The minimum atomic E-state index is 0.843. The number of nitrogens with zero attached hydrogens (tertiary/aromatic N) is 5. The van der Waals surface area contributed by atoms with Crippen LogP contribution in [0.1, 0.15) is 5.69 Å². The minimum Gasteiger partial charge on any atom is -0.376 e. The molecule has 0 aliphatic rings. The molecule has 4 aromatic heterocycles. The number of aryl methyl sites for hydroxylation is 1. The molecule has 0 bridgehead atoms. The third-order valence-corrected chi connectivity index (χ3v) is 4.10. The van der Waals surface area contributed by atoms with Gasteiger partial charge in [0.25, 0.3) is 0 Å². The van der Waals surface area contributed by atoms with Crippen LogP contribution < -0.4 is 4.90 Å². The second-order valence-corrected chi connectivity index (χ2v) is 6.11. The average molecular weight is 330 g/mol. The zero-order chi connectivity index (χ0) is 17.4. The molecule has 0 unspecified atom stereocenters. The molecule has 124 valence electrons. The molecule has 4 rings (SSSR count). The van der Waals surface area contributed by atoms with Crippen LogP contribution in [0.4, 0.5) is 5.69 Å². The molecule has 6 heteroatoms. The first-order chi connectivity index (χ1) is 12.1. The summed E-state index contributed by atoms with van der Waals surface area (Å²) >= 11 is 0. The van der Waals surface area contributed by atoms with Gasteiger partial charge in [-0.3, -0.25) is 15.1 Å². The van der Waals surface area contributed by atoms with Gasteiger partial charge in [-0.05, 0) is 37.3 Å². The fourth-order valence-corrected chi connectivity index (χ4v) is 2.88. The van der Waals surface area contributed by atoms with Crippen molar-refractivity contribution in [3.05, 3.63) is 54.5 Å². The van der Waals surface area contributed by atoms with E-state index in [-0.39, 0.29) is 0 Å². The molecule has 6 nitrogen and oxygen atoms in total. The van der Waals surface area contributed by atoms with Crippen molar-refractivity contribution in [2.75, 3.05) is 19.0 Å². The van der Waals surface area contributed by atoms with Crippen LogP contribution in [0.25, 0.3) is 33.7 Å². The standard InChI is InChI=1S/C19H18N6/c1-12-5-4-6-16(22-12)18-13(11-21-24-18)14-7-8-15-19(23-14)17(25(2)3)9-10-20-15/h4-11H,1-3H3,(H,21,24). The van der Waals surface area contributed by atoms with Crippen molar-refractivity contribution < 1.29 is 0 Å². The maximum atomic E-state index is 4.86. The number of rotatable bonds is 3. The summed E-state index contributed by atoms with van der Waals surface area (Å²) in [5.41, 5.74) is 7.22. The summed E-state index contributed by atoms with van der Waals surface area (Å²) in [6.45, 7) is 1.98. The highest BCUT2D eigenvalue weighted by molar-refractivity contribution is 5.90. The van der Waals surface area contributed by atoms with Crippen molar-refractivity contribution in [2.24, 2.45) is 0 Å². The van der Waals surface area contributed by atoms with Gasteiger partial charge in [-0.25, -0.2) is 4.98 Å². The van der Waals surface area contributed by atoms with Crippen LogP contribution >= 0.6 is 0 Å². The Labute approximate surface area is 145 Å². The summed E-state index contributed by atoms with van der Waals surface area (Å²) in [4.78, 5) is 15.9. The van der Waals surface area contributed by atoms with Gasteiger partial charge in [0, 0.05) is 31.5 Å². The quantitative estimate of drug-likeness (QED) is 0.623. The van der Waals surface area contributed by atoms with Crippen LogP contribution in [-0.2, 0) is 0 Å². The zero-order valence-corrected chi connectivity index (χ0v) is 14.4. The number of aromatic amines is 1. The van der Waals surface area contributed by atoms with E-state index in [2.05, 4.69) is 20.2 Å². The summed E-state index contributed by atoms with van der Waals surface area (Å²) in [7, 11) is 4.01. The van der Waals surface area contributed by atoms with E-state index < -0.39 is 0 Å². The first-order valence-corrected chi connectivity index (χ1v) is 8.04. The van der Waals surface area contributed by atoms with Crippen molar-refractivity contribution in [3.63, 3.8) is 0 Å². The topological polar surface area (TPSA) is 70.6 Å². The summed E-state index contributed by atoms with van der Waals surface area (Å²) < 4.78 is 0. The molecule has 0 aliphatic carbocycles. The Balaban J connectivity index is 1.89. The molecule has 0 radical (unpaired) electrons. The van der Waals surface area contributed by atoms with Crippen molar-refractivity contribution >= 4 is 16.7 Å². The number of nitrogens with one attached hydrogen (secondary N) is 1. The molecule has 1 N–H and O–H groups in total. The molecule has 25 heavy (non-hydrogen) atoms. The molecule has 0 spiro atoms. The molecular formula is C19H18N6. The number of H-pyrrole nitrogens is 1. The van der Waals surface area contributed by atoms with Gasteiger partial charge in [0.15, 0.2) is 0 Å². The van der Waals surface area contributed by atoms with Crippen LogP contribution in [0, 0.1) is 6.92 Å². The predicted octanol–water partition coefficient (Wildman–Crippen LogP) is 3.46. The second-order valence-electron chi connectivity index (χ2n) is 6.11. The lowest BCUT2D eigenvalue weighted by Crippen LogP contribution is -2.10. The lowest BCUT2D eigenvalue weighted by atomic mass is 10.1. The Morgan fingerprint density at radius 1 is 0.960 bits per heavy atom. The summed E-state index contributed by atoms with van der Waals surface area (Å²) in [5, 5.41) is 7.27. The number of hydrogen-bond donors (Lipinski definition) is 1. The smallest absolute Gasteiger partial charge is 0.113 e. The highest BCUT2D eigenvalue weighted by atomic mass is 15.1. The lowest BCUT2D eigenvalue weighted by molar-refractivity contribution is 1.08.